The number of carbonyl (C=O) groups excluding carboxylic acids is 1. The average Bonchev–Trinajstić information content (AvgIpc) is 3.18. The van der Waals surface area contributed by atoms with E-state index in [0.717, 1.165) is 51.3 Å². The van der Waals surface area contributed by atoms with Crippen LogP contribution in [0.1, 0.15) is 18.6 Å². The summed E-state index contributed by atoms with van der Waals surface area (Å²) in [6.07, 6.45) is 3.16. The molecule has 0 spiro atoms. The van der Waals surface area contributed by atoms with Crippen molar-refractivity contribution in [2.75, 3.05) is 32.7 Å². The molecule has 2 fully saturated rings. The summed E-state index contributed by atoms with van der Waals surface area (Å²) >= 11 is 0. The monoisotopic (exact) mass is 293 g/mol. The molecule has 1 aromatic heterocycles. The van der Waals surface area contributed by atoms with E-state index in [-0.39, 0.29) is 18.1 Å². The van der Waals surface area contributed by atoms with Crippen molar-refractivity contribution in [3.63, 3.8) is 0 Å². The van der Waals surface area contributed by atoms with E-state index in [4.69, 9.17) is 14.9 Å². The van der Waals surface area contributed by atoms with Gasteiger partial charge < -0.3 is 19.8 Å². The number of nitrogens with zero attached hydrogens (tertiary/aromatic N) is 2. The molecule has 2 aliphatic rings. The molecule has 1 amide bonds. The first-order chi connectivity index (χ1) is 10.3. The summed E-state index contributed by atoms with van der Waals surface area (Å²) in [4.78, 5) is 16.6. The molecule has 2 aliphatic heterocycles. The minimum Gasteiger partial charge on any atom is -0.468 e. The number of amides is 1. The summed E-state index contributed by atoms with van der Waals surface area (Å²) in [6.45, 7) is 4.57. The van der Waals surface area contributed by atoms with Crippen LogP contribution in [0.2, 0.25) is 0 Å². The molecule has 116 valence electrons. The van der Waals surface area contributed by atoms with E-state index < -0.39 is 0 Å². The van der Waals surface area contributed by atoms with E-state index in [1.54, 1.807) is 6.26 Å². The number of carbonyl (C=O) groups is 1. The van der Waals surface area contributed by atoms with Crippen molar-refractivity contribution in [2.45, 2.75) is 31.6 Å². The lowest BCUT2D eigenvalue weighted by molar-refractivity contribution is -0.144. The van der Waals surface area contributed by atoms with Gasteiger partial charge in [-0.05, 0) is 25.0 Å². The van der Waals surface area contributed by atoms with Crippen LogP contribution in [0.25, 0.3) is 0 Å². The van der Waals surface area contributed by atoms with E-state index >= 15 is 0 Å². The van der Waals surface area contributed by atoms with E-state index in [2.05, 4.69) is 4.90 Å². The Kier molecular flexibility index (Phi) is 4.57. The highest BCUT2D eigenvalue weighted by Crippen LogP contribution is 2.21. The smallest absolute Gasteiger partial charge is 0.251 e. The van der Waals surface area contributed by atoms with Gasteiger partial charge in [0.25, 0.3) is 5.91 Å². The van der Waals surface area contributed by atoms with Gasteiger partial charge in [0.05, 0.1) is 18.9 Å². The first-order valence-electron chi connectivity index (χ1n) is 7.65. The quantitative estimate of drug-likeness (QED) is 0.871. The maximum absolute atomic E-state index is 12.4. The Morgan fingerprint density at radius 3 is 2.71 bits per heavy atom. The molecule has 1 aromatic rings. The maximum Gasteiger partial charge on any atom is 0.251 e. The second-order valence-corrected chi connectivity index (χ2v) is 5.74. The van der Waals surface area contributed by atoms with Crippen molar-refractivity contribution < 1.29 is 13.9 Å². The van der Waals surface area contributed by atoms with E-state index in [0.29, 0.717) is 6.54 Å². The average molecular weight is 293 g/mol. The van der Waals surface area contributed by atoms with Crippen molar-refractivity contribution in [1.29, 1.82) is 0 Å². The topological polar surface area (TPSA) is 71.9 Å². The molecule has 2 saturated heterocycles. The zero-order valence-corrected chi connectivity index (χ0v) is 12.2. The first kappa shape index (κ1) is 14.6. The van der Waals surface area contributed by atoms with Crippen LogP contribution in [0, 0.1) is 0 Å². The molecule has 0 radical (unpaired) electrons. The van der Waals surface area contributed by atoms with Gasteiger partial charge in [-0.15, -0.1) is 0 Å². The fourth-order valence-corrected chi connectivity index (χ4v) is 3.01. The van der Waals surface area contributed by atoms with Crippen molar-refractivity contribution in [2.24, 2.45) is 5.73 Å². The third kappa shape index (κ3) is 3.45. The molecule has 21 heavy (non-hydrogen) atoms. The largest absolute Gasteiger partial charge is 0.468 e. The third-order valence-corrected chi connectivity index (χ3v) is 4.29. The van der Waals surface area contributed by atoms with Crippen LogP contribution in [0.5, 0.6) is 0 Å². The molecule has 2 unspecified atom stereocenters. The zero-order valence-electron chi connectivity index (χ0n) is 12.2. The molecule has 6 nitrogen and oxygen atoms in total. The molecule has 2 N–H and O–H groups in total. The highest BCUT2D eigenvalue weighted by Gasteiger charge is 2.34. The molecular formula is C15H23N3O3. The summed E-state index contributed by atoms with van der Waals surface area (Å²) in [7, 11) is 0. The van der Waals surface area contributed by atoms with Crippen molar-refractivity contribution in [3.05, 3.63) is 24.2 Å². The van der Waals surface area contributed by atoms with Gasteiger partial charge >= 0.3 is 0 Å². The summed E-state index contributed by atoms with van der Waals surface area (Å²) in [5, 5.41) is 0. The van der Waals surface area contributed by atoms with Crippen LogP contribution >= 0.6 is 0 Å². The van der Waals surface area contributed by atoms with Gasteiger partial charge in [-0.25, -0.2) is 0 Å². The number of ether oxygens (including phenoxy) is 1. The zero-order chi connectivity index (χ0) is 14.7. The molecule has 2 atom stereocenters. The van der Waals surface area contributed by atoms with Crippen LogP contribution in [-0.4, -0.2) is 60.6 Å². The highest BCUT2D eigenvalue weighted by atomic mass is 16.5. The minimum atomic E-state index is -0.282. The Labute approximate surface area is 124 Å². The van der Waals surface area contributed by atoms with Crippen molar-refractivity contribution in [1.82, 2.24) is 9.80 Å². The van der Waals surface area contributed by atoms with Crippen LogP contribution < -0.4 is 5.73 Å². The molecule has 6 heteroatoms. The maximum atomic E-state index is 12.4. The van der Waals surface area contributed by atoms with Gasteiger partial charge in [-0.3, -0.25) is 9.69 Å². The summed E-state index contributed by atoms with van der Waals surface area (Å²) in [5.74, 6) is 1.10. The Morgan fingerprint density at radius 2 is 2.10 bits per heavy atom. The Bertz CT molecular complexity index is 455. The lowest BCUT2D eigenvalue weighted by Gasteiger charge is -2.35. The molecule has 0 bridgehead atoms. The van der Waals surface area contributed by atoms with Crippen LogP contribution in [0.4, 0.5) is 0 Å². The molecule has 3 heterocycles. The SMILES string of the molecule is NCC1CCC(C(=O)N2CCN(Cc3ccco3)CC2)O1. The summed E-state index contributed by atoms with van der Waals surface area (Å²) < 4.78 is 11.1. The van der Waals surface area contributed by atoms with Crippen molar-refractivity contribution >= 4 is 5.91 Å². The lowest BCUT2D eigenvalue weighted by Crippen LogP contribution is -2.51. The lowest BCUT2D eigenvalue weighted by atomic mass is 10.1. The predicted molar refractivity (Wildman–Crippen MR) is 77.5 cm³/mol. The number of rotatable bonds is 4. The van der Waals surface area contributed by atoms with Crippen LogP contribution in [0.15, 0.2) is 22.8 Å². The van der Waals surface area contributed by atoms with Gasteiger partial charge in [0.1, 0.15) is 11.9 Å². The minimum absolute atomic E-state index is 0.0548. The number of nitrogens with two attached hydrogens (primary N) is 1. The Morgan fingerprint density at radius 1 is 1.29 bits per heavy atom. The summed E-state index contributed by atoms with van der Waals surface area (Å²) in [5.41, 5.74) is 5.59. The summed E-state index contributed by atoms with van der Waals surface area (Å²) in [6, 6.07) is 3.89. The first-order valence-corrected chi connectivity index (χ1v) is 7.65. The second kappa shape index (κ2) is 6.60. The molecule has 3 rings (SSSR count). The van der Waals surface area contributed by atoms with Gasteiger partial charge in [-0.1, -0.05) is 0 Å². The molecule has 0 aliphatic carbocycles. The van der Waals surface area contributed by atoms with E-state index in [9.17, 15) is 4.79 Å². The highest BCUT2D eigenvalue weighted by molar-refractivity contribution is 5.81. The predicted octanol–water partition coefficient (Wildman–Crippen LogP) is 0.430. The standard InChI is InChI=1S/C15H23N3O3/c16-10-12-3-4-14(21-12)15(19)18-7-5-17(6-8-18)11-13-2-1-9-20-13/h1-2,9,12,14H,3-8,10-11,16H2. The Hall–Kier alpha value is -1.37. The number of piperazine rings is 1. The normalized spacial score (nSPS) is 27.2. The van der Waals surface area contributed by atoms with Gasteiger partial charge in [-0.2, -0.15) is 0 Å². The number of furan rings is 1. The molecular weight excluding hydrogens is 270 g/mol. The number of hydrogen-bond acceptors (Lipinski definition) is 5. The van der Waals surface area contributed by atoms with Gasteiger partial charge in [0.15, 0.2) is 0 Å². The molecule has 0 saturated carbocycles. The second-order valence-electron chi connectivity index (χ2n) is 5.74. The van der Waals surface area contributed by atoms with E-state index in [1.807, 2.05) is 17.0 Å². The van der Waals surface area contributed by atoms with E-state index in [1.165, 1.54) is 0 Å². The van der Waals surface area contributed by atoms with Crippen LogP contribution in [-0.2, 0) is 16.1 Å². The van der Waals surface area contributed by atoms with Gasteiger partial charge in [0, 0.05) is 32.7 Å². The Balaban J connectivity index is 1.46. The number of hydrogen-bond donors (Lipinski definition) is 1. The van der Waals surface area contributed by atoms with Crippen LogP contribution in [0.3, 0.4) is 0 Å². The van der Waals surface area contributed by atoms with Crippen molar-refractivity contribution in [3.8, 4) is 0 Å². The fraction of sp³-hybridized carbons (Fsp3) is 0.667. The molecule has 0 aromatic carbocycles. The fourth-order valence-electron chi connectivity index (χ4n) is 3.01. The van der Waals surface area contributed by atoms with Gasteiger partial charge in [0.2, 0.25) is 0 Å². The third-order valence-electron chi connectivity index (χ3n) is 4.29.